The van der Waals surface area contributed by atoms with Gasteiger partial charge in [-0.25, -0.2) is 4.99 Å². The van der Waals surface area contributed by atoms with Crippen molar-refractivity contribution in [1.82, 2.24) is 25.3 Å². The second-order valence-electron chi connectivity index (χ2n) is 7.13. The van der Waals surface area contributed by atoms with Crippen LogP contribution in [0.1, 0.15) is 28.1 Å². The molecule has 0 radical (unpaired) electrons. The first-order valence-corrected chi connectivity index (χ1v) is 9.36. The van der Waals surface area contributed by atoms with Gasteiger partial charge >= 0.3 is 6.18 Å². The summed E-state index contributed by atoms with van der Waals surface area (Å²) >= 11 is 0. The first-order chi connectivity index (χ1) is 14.0. The van der Waals surface area contributed by atoms with E-state index in [1.807, 2.05) is 20.9 Å². The van der Waals surface area contributed by atoms with Crippen molar-refractivity contribution >= 4 is 11.9 Å². The predicted molar refractivity (Wildman–Crippen MR) is 109 cm³/mol. The van der Waals surface area contributed by atoms with E-state index >= 15 is 0 Å². The molecule has 0 bridgehead atoms. The molecule has 0 spiro atoms. The lowest BCUT2D eigenvalue weighted by molar-refractivity contribution is -0.137. The first kappa shape index (κ1) is 23.2. The van der Waals surface area contributed by atoms with Gasteiger partial charge in [-0.2, -0.15) is 18.3 Å². The van der Waals surface area contributed by atoms with E-state index in [0.29, 0.717) is 18.1 Å². The lowest BCUT2D eigenvalue weighted by Crippen LogP contribution is -2.42. The van der Waals surface area contributed by atoms with Crippen LogP contribution in [0.3, 0.4) is 0 Å². The fourth-order valence-corrected chi connectivity index (χ4v) is 2.75. The van der Waals surface area contributed by atoms with Gasteiger partial charge in [0.1, 0.15) is 0 Å². The summed E-state index contributed by atoms with van der Waals surface area (Å²) in [4.78, 5) is 17.7. The second kappa shape index (κ2) is 9.64. The number of benzene rings is 1. The Hall–Kier alpha value is -3.04. The topological polar surface area (TPSA) is 74.5 Å². The van der Waals surface area contributed by atoms with E-state index < -0.39 is 11.7 Å². The lowest BCUT2D eigenvalue weighted by Gasteiger charge is -2.15. The Morgan fingerprint density at radius 2 is 1.93 bits per heavy atom. The number of hydrogen-bond acceptors (Lipinski definition) is 3. The Bertz CT molecular complexity index is 918. The van der Waals surface area contributed by atoms with Crippen LogP contribution in [0.2, 0.25) is 0 Å². The number of hydrogen-bond donors (Lipinski definition) is 2. The molecule has 30 heavy (non-hydrogen) atoms. The molecule has 1 heterocycles. The number of aliphatic imine (C=N–C) groups is 1. The molecule has 7 nitrogen and oxygen atoms in total. The highest BCUT2D eigenvalue weighted by molar-refractivity contribution is 5.86. The maximum absolute atomic E-state index is 12.9. The van der Waals surface area contributed by atoms with E-state index in [0.717, 1.165) is 29.1 Å². The van der Waals surface area contributed by atoms with Crippen LogP contribution < -0.4 is 10.6 Å². The van der Waals surface area contributed by atoms with Crippen LogP contribution in [0, 0.1) is 13.8 Å². The fourth-order valence-electron chi connectivity index (χ4n) is 2.75. The zero-order valence-electron chi connectivity index (χ0n) is 17.8. The van der Waals surface area contributed by atoms with Crippen molar-refractivity contribution < 1.29 is 18.0 Å². The summed E-state index contributed by atoms with van der Waals surface area (Å²) < 4.78 is 40.6. The van der Waals surface area contributed by atoms with Gasteiger partial charge in [0.05, 0.1) is 24.3 Å². The third-order valence-corrected chi connectivity index (χ3v) is 4.67. The van der Waals surface area contributed by atoms with Gasteiger partial charge in [-0.1, -0.05) is 12.1 Å². The number of nitrogens with zero attached hydrogens (tertiary/aromatic N) is 4. The zero-order valence-corrected chi connectivity index (χ0v) is 17.8. The van der Waals surface area contributed by atoms with Crippen LogP contribution in [0.4, 0.5) is 13.2 Å². The van der Waals surface area contributed by atoms with Gasteiger partial charge in [0.15, 0.2) is 5.96 Å². The van der Waals surface area contributed by atoms with Crippen LogP contribution in [-0.2, 0) is 31.1 Å². The molecule has 0 unspecified atom stereocenters. The van der Waals surface area contributed by atoms with Gasteiger partial charge in [0.2, 0.25) is 5.91 Å². The maximum Gasteiger partial charge on any atom is 0.416 e. The monoisotopic (exact) mass is 424 g/mol. The molecule has 0 fully saturated rings. The fraction of sp³-hybridized carbons (Fsp3) is 0.450. The average Bonchev–Trinajstić information content (AvgIpc) is 2.92. The summed E-state index contributed by atoms with van der Waals surface area (Å²) in [5.41, 5.74) is 2.54. The number of aryl methyl sites for hydroxylation is 2. The number of rotatable bonds is 6. The van der Waals surface area contributed by atoms with Crippen LogP contribution in [0.15, 0.2) is 29.3 Å². The minimum absolute atomic E-state index is 0.00638. The Morgan fingerprint density at radius 3 is 2.50 bits per heavy atom. The number of guanidine groups is 1. The van der Waals surface area contributed by atoms with Gasteiger partial charge in [0, 0.05) is 38.9 Å². The number of carbonyl (C=O) groups is 1. The summed E-state index contributed by atoms with van der Waals surface area (Å²) in [6.45, 7) is 4.29. The van der Waals surface area contributed by atoms with Gasteiger partial charge in [-0.15, -0.1) is 0 Å². The zero-order chi connectivity index (χ0) is 22.5. The van der Waals surface area contributed by atoms with Crippen molar-refractivity contribution in [1.29, 1.82) is 0 Å². The van der Waals surface area contributed by atoms with E-state index in [4.69, 9.17) is 0 Å². The van der Waals surface area contributed by atoms with Crippen molar-refractivity contribution in [2.45, 2.75) is 33.1 Å². The number of halogens is 3. The standard InChI is InChI=1S/C20H27F3N6O/c1-13-17(14(2)29(5)27-13)11-25-19(26-12-18(30)28(3)4)24-10-15-7-6-8-16(9-15)20(21,22)23/h6-9H,10-12H2,1-5H3,(H2,24,25,26). The molecule has 0 saturated carbocycles. The molecule has 2 rings (SSSR count). The van der Waals surface area contributed by atoms with Gasteiger partial charge < -0.3 is 15.5 Å². The second-order valence-corrected chi connectivity index (χ2v) is 7.13. The molecule has 1 aromatic heterocycles. The highest BCUT2D eigenvalue weighted by Crippen LogP contribution is 2.29. The quantitative estimate of drug-likeness (QED) is 0.552. The number of likely N-dealkylation sites (N-methyl/N-ethyl adjacent to an activating group) is 1. The molecule has 10 heteroatoms. The SMILES string of the molecule is Cc1nn(C)c(C)c1CNC(=NCc1cccc(C(F)(F)F)c1)NCC(=O)N(C)C. The van der Waals surface area contributed by atoms with E-state index in [1.165, 1.54) is 11.0 Å². The minimum Gasteiger partial charge on any atom is -0.352 e. The van der Waals surface area contributed by atoms with Crippen molar-refractivity contribution in [3.8, 4) is 0 Å². The summed E-state index contributed by atoms with van der Waals surface area (Å²) in [6, 6.07) is 5.03. The average molecular weight is 424 g/mol. The van der Waals surface area contributed by atoms with E-state index in [9.17, 15) is 18.0 Å². The predicted octanol–water partition coefficient (Wildman–Crippen LogP) is 2.38. The number of amides is 1. The Morgan fingerprint density at radius 1 is 1.23 bits per heavy atom. The van der Waals surface area contributed by atoms with Gasteiger partial charge in [-0.3, -0.25) is 9.48 Å². The van der Waals surface area contributed by atoms with E-state index in [1.54, 1.807) is 24.8 Å². The summed E-state index contributed by atoms with van der Waals surface area (Å²) in [5, 5.41) is 10.4. The number of alkyl halides is 3. The minimum atomic E-state index is -4.41. The van der Waals surface area contributed by atoms with Crippen LogP contribution in [0.5, 0.6) is 0 Å². The first-order valence-electron chi connectivity index (χ1n) is 9.36. The van der Waals surface area contributed by atoms with Crippen molar-refractivity contribution in [2.24, 2.45) is 12.0 Å². The lowest BCUT2D eigenvalue weighted by atomic mass is 10.1. The van der Waals surface area contributed by atoms with Gasteiger partial charge in [0.25, 0.3) is 0 Å². The molecular weight excluding hydrogens is 397 g/mol. The largest absolute Gasteiger partial charge is 0.416 e. The summed E-state index contributed by atoms with van der Waals surface area (Å²) in [5.74, 6) is 0.169. The Kier molecular flexibility index (Phi) is 7.47. The molecule has 1 amide bonds. The van der Waals surface area contributed by atoms with Crippen molar-refractivity contribution in [3.05, 3.63) is 52.3 Å². The van der Waals surface area contributed by atoms with E-state index in [-0.39, 0.29) is 19.0 Å². The normalized spacial score (nSPS) is 12.1. The summed E-state index contributed by atoms with van der Waals surface area (Å²) in [6.07, 6.45) is -4.41. The molecule has 0 saturated heterocycles. The number of nitrogens with one attached hydrogen (secondary N) is 2. The maximum atomic E-state index is 12.9. The van der Waals surface area contributed by atoms with Crippen LogP contribution >= 0.6 is 0 Å². The molecule has 164 valence electrons. The van der Waals surface area contributed by atoms with E-state index in [2.05, 4.69) is 20.7 Å². The Labute approximate surface area is 174 Å². The highest BCUT2D eigenvalue weighted by Gasteiger charge is 2.30. The van der Waals surface area contributed by atoms with Crippen molar-refractivity contribution in [2.75, 3.05) is 20.6 Å². The third-order valence-electron chi connectivity index (χ3n) is 4.67. The molecule has 0 aliphatic rings. The van der Waals surface area contributed by atoms with Crippen molar-refractivity contribution in [3.63, 3.8) is 0 Å². The molecular formula is C20H27F3N6O. The highest BCUT2D eigenvalue weighted by atomic mass is 19.4. The molecule has 2 N–H and O–H groups in total. The van der Waals surface area contributed by atoms with Crippen LogP contribution in [-0.4, -0.2) is 47.2 Å². The molecule has 0 aliphatic carbocycles. The molecule has 0 aliphatic heterocycles. The molecule has 0 atom stereocenters. The third kappa shape index (κ3) is 6.23. The Balaban J connectivity index is 2.17. The molecule has 1 aromatic carbocycles. The van der Waals surface area contributed by atoms with Crippen LogP contribution in [0.25, 0.3) is 0 Å². The number of carbonyl (C=O) groups excluding carboxylic acids is 1. The number of aromatic nitrogens is 2. The summed E-state index contributed by atoms with van der Waals surface area (Å²) in [7, 11) is 5.13. The smallest absolute Gasteiger partial charge is 0.352 e. The van der Waals surface area contributed by atoms with Gasteiger partial charge in [-0.05, 0) is 31.5 Å². The molecule has 2 aromatic rings.